The Kier molecular flexibility index (Phi) is 8.51. The maximum absolute atomic E-state index is 12.3. The number of hydrogen-bond acceptors (Lipinski definition) is 7. The topological polar surface area (TPSA) is 113 Å². The molecule has 1 aromatic rings. The molecule has 0 saturated heterocycles. The molecule has 1 aliphatic carbocycles. The molecular weight excluding hydrogens is 374 g/mol. The fraction of sp³-hybridized carbons (Fsp3) is 0.545. The van der Waals surface area contributed by atoms with Crippen molar-refractivity contribution in [1.82, 2.24) is 0 Å². The number of hydrogen-bond donors (Lipinski definition) is 1. The van der Waals surface area contributed by atoms with Crippen LogP contribution in [0.15, 0.2) is 24.3 Å². The quantitative estimate of drug-likeness (QED) is 0.383. The van der Waals surface area contributed by atoms with Gasteiger partial charge in [0.15, 0.2) is 11.6 Å². The molecule has 7 nitrogen and oxygen atoms in total. The predicted octanol–water partition coefficient (Wildman–Crippen LogP) is 2.38. The monoisotopic (exact) mass is 403 g/mol. The largest absolute Gasteiger partial charge is 0.446 e. The van der Waals surface area contributed by atoms with Gasteiger partial charge >= 0.3 is 11.9 Å². The molecular formula is C22H29NO6. The number of aryl methyl sites for hydroxylation is 1. The number of esters is 2. The van der Waals surface area contributed by atoms with Gasteiger partial charge in [0.05, 0.1) is 5.92 Å². The van der Waals surface area contributed by atoms with Crippen LogP contribution in [0.25, 0.3) is 0 Å². The van der Waals surface area contributed by atoms with E-state index >= 15 is 0 Å². The van der Waals surface area contributed by atoms with Crippen LogP contribution in [-0.2, 0) is 30.3 Å². The van der Waals surface area contributed by atoms with Gasteiger partial charge in [-0.05, 0) is 76.1 Å². The maximum Gasteiger partial charge on any atom is 0.314 e. The van der Waals surface area contributed by atoms with Gasteiger partial charge in [0.2, 0.25) is 6.10 Å². The van der Waals surface area contributed by atoms with Gasteiger partial charge in [-0.1, -0.05) is 12.1 Å². The van der Waals surface area contributed by atoms with Crippen molar-refractivity contribution in [2.75, 3.05) is 6.54 Å². The van der Waals surface area contributed by atoms with Crippen LogP contribution in [0.3, 0.4) is 0 Å². The first-order valence-corrected chi connectivity index (χ1v) is 10.0. The fourth-order valence-corrected chi connectivity index (χ4v) is 3.45. The molecule has 29 heavy (non-hydrogen) atoms. The van der Waals surface area contributed by atoms with Gasteiger partial charge in [0.1, 0.15) is 5.75 Å². The number of rotatable bonds is 9. The Bertz CT molecular complexity index is 720. The lowest BCUT2D eigenvalue weighted by atomic mass is 9.82. The summed E-state index contributed by atoms with van der Waals surface area (Å²) in [7, 11) is 0. The zero-order valence-corrected chi connectivity index (χ0v) is 17.0. The van der Waals surface area contributed by atoms with E-state index in [1.165, 1.54) is 13.8 Å². The normalized spacial score (nSPS) is 18.9. The standard InChI is InChI=1S/C22H29NO6/c1-14(24)21(15(2)25)29-20(26)12-7-16-5-10-19(11-6-16)28-22(27)18-8-3-17(13-23)4-9-18/h5-6,10-11,17-18,21H,3-4,7-9,12-13,23H2,1-2H3/t17-,18-. The van der Waals surface area contributed by atoms with Crippen molar-refractivity contribution in [3.8, 4) is 5.75 Å². The molecule has 0 unspecified atom stereocenters. The summed E-state index contributed by atoms with van der Waals surface area (Å²) in [6.07, 6.45) is 2.63. The first-order valence-electron chi connectivity index (χ1n) is 10.0. The second kappa shape index (κ2) is 10.9. The van der Waals surface area contributed by atoms with Crippen LogP contribution in [0.2, 0.25) is 0 Å². The van der Waals surface area contributed by atoms with Crippen molar-refractivity contribution >= 4 is 23.5 Å². The number of ketones is 2. The lowest BCUT2D eigenvalue weighted by molar-refractivity contribution is -0.159. The van der Waals surface area contributed by atoms with Gasteiger partial charge in [-0.3, -0.25) is 19.2 Å². The molecule has 0 aromatic heterocycles. The molecule has 0 spiro atoms. The highest BCUT2D eigenvalue weighted by Crippen LogP contribution is 2.29. The third kappa shape index (κ3) is 7.09. The first-order chi connectivity index (χ1) is 13.8. The number of ether oxygens (including phenoxy) is 2. The van der Waals surface area contributed by atoms with Crippen LogP contribution in [-0.4, -0.2) is 36.2 Å². The van der Waals surface area contributed by atoms with Crippen LogP contribution in [0.5, 0.6) is 5.75 Å². The molecule has 1 saturated carbocycles. The molecule has 158 valence electrons. The molecule has 0 bridgehead atoms. The van der Waals surface area contributed by atoms with Gasteiger partial charge < -0.3 is 15.2 Å². The van der Waals surface area contributed by atoms with E-state index in [1.54, 1.807) is 24.3 Å². The minimum absolute atomic E-state index is 0.0422. The van der Waals surface area contributed by atoms with Gasteiger partial charge in [-0.2, -0.15) is 0 Å². The molecule has 2 rings (SSSR count). The summed E-state index contributed by atoms with van der Waals surface area (Å²) in [5.41, 5.74) is 6.53. The van der Waals surface area contributed by atoms with E-state index in [1.807, 2.05) is 0 Å². The Balaban J connectivity index is 1.79. The summed E-state index contributed by atoms with van der Waals surface area (Å²) in [5, 5.41) is 0. The van der Waals surface area contributed by atoms with Crippen LogP contribution in [0.1, 0.15) is 51.5 Å². The second-order valence-corrected chi connectivity index (χ2v) is 7.61. The first kappa shape index (κ1) is 22.7. The number of carbonyl (C=O) groups is 4. The third-order valence-electron chi connectivity index (χ3n) is 5.26. The Morgan fingerprint density at radius 1 is 1.00 bits per heavy atom. The summed E-state index contributed by atoms with van der Waals surface area (Å²) in [6.45, 7) is 3.09. The molecule has 1 aromatic carbocycles. The number of carbonyl (C=O) groups excluding carboxylic acids is 4. The van der Waals surface area contributed by atoms with Crippen molar-refractivity contribution in [1.29, 1.82) is 0 Å². The molecule has 0 radical (unpaired) electrons. The summed E-state index contributed by atoms with van der Waals surface area (Å²) >= 11 is 0. The fourth-order valence-electron chi connectivity index (χ4n) is 3.45. The van der Waals surface area contributed by atoms with Crippen LogP contribution in [0.4, 0.5) is 0 Å². The summed E-state index contributed by atoms with van der Waals surface area (Å²) in [5.74, 6) is -0.910. The molecule has 7 heteroatoms. The molecule has 0 amide bonds. The van der Waals surface area contributed by atoms with E-state index in [0.29, 0.717) is 24.6 Å². The molecule has 1 fully saturated rings. The number of nitrogens with two attached hydrogens (primary N) is 1. The Labute approximate surface area is 170 Å². The SMILES string of the molecule is CC(=O)C(OC(=O)CCc1ccc(OC(=O)[C@H]2CC[C@H](CN)CC2)cc1)C(C)=O. The zero-order chi connectivity index (χ0) is 21.4. The van der Waals surface area contributed by atoms with Crippen LogP contribution in [0, 0.1) is 11.8 Å². The van der Waals surface area contributed by atoms with Gasteiger partial charge in [-0.15, -0.1) is 0 Å². The molecule has 0 heterocycles. The highest BCUT2D eigenvalue weighted by molar-refractivity contribution is 6.04. The van der Waals surface area contributed by atoms with E-state index in [4.69, 9.17) is 15.2 Å². The Morgan fingerprint density at radius 2 is 1.59 bits per heavy atom. The van der Waals surface area contributed by atoms with Crippen molar-refractivity contribution in [3.63, 3.8) is 0 Å². The average molecular weight is 403 g/mol. The number of Topliss-reactive ketones (excluding diaryl/α,β-unsaturated/α-hetero) is 2. The predicted molar refractivity (Wildman–Crippen MR) is 106 cm³/mol. The van der Waals surface area contributed by atoms with Gasteiger partial charge in [-0.25, -0.2) is 0 Å². The van der Waals surface area contributed by atoms with Crippen molar-refractivity contribution in [2.24, 2.45) is 17.6 Å². The smallest absolute Gasteiger partial charge is 0.314 e. The lowest BCUT2D eigenvalue weighted by Crippen LogP contribution is -2.32. The summed E-state index contributed by atoms with van der Waals surface area (Å²) in [4.78, 5) is 46.8. The van der Waals surface area contributed by atoms with E-state index in [9.17, 15) is 19.2 Å². The van der Waals surface area contributed by atoms with Crippen LogP contribution >= 0.6 is 0 Å². The summed E-state index contributed by atoms with van der Waals surface area (Å²) in [6, 6.07) is 6.93. The lowest BCUT2D eigenvalue weighted by Gasteiger charge is -2.26. The molecule has 2 N–H and O–H groups in total. The highest BCUT2D eigenvalue weighted by Gasteiger charge is 2.27. The van der Waals surface area contributed by atoms with E-state index in [2.05, 4.69) is 0 Å². The van der Waals surface area contributed by atoms with E-state index in [-0.39, 0.29) is 18.3 Å². The second-order valence-electron chi connectivity index (χ2n) is 7.61. The Hall–Kier alpha value is -2.54. The van der Waals surface area contributed by atoms with Crippen molar-refractivity contribution < 1.29 is 28.7 Å². The van der Waals surface area contributed by atoms with E-state index < -0.39 is 23.6 Å². The van der Waals surface area contributed by atoms with Crippen molar-refractivity contribution in [3.05, 3.63) is 29.8 Å². The molecule has 1 aliphatic rings. The highest BCUT2D eigenvalue weighted by atomic mass is 16.6. The third-order valence-corrected chi connectivity index (χ3v) is 5.26. The minimum atomic E-state index is -1.33. The maximum atomic E-state index is 12.3. The number of benzene rings is 1. The van der Waals surface area contributed by atoms with E-state index in [0.717, 1.165) is 31.2 Å². The van der Waals surface area contributed by atoms with Gasteiger partial charge in [0.25, 0.3) is 0 Å². The van der Waals surface area contributed by atoms with Crippen LogP contribution < -0.4 is 10.5 Å². The average Bonchev–Trinajstić information content (AvgIpc) is 2.71. The Morgan fingerprint density at radius 3 is 2.10 bits per heavy atom. The molecule has 0 aliphatic heterocycles. The minimum Gasteiger partial charge on any atom is -0.446 e. The summed E-state index contributed by atoms with van der Waals surface area (Å²) < 4.78 is 10.4. The zero-order valence-electron chi connectivity index (χ0n) is 17.0. The molecule has 0 atom stereocenters. The van der Waals surface area contributed by atoms with Gasteiger partial charge in [0, 0.05) is 6.42 Å². The van der Waals surface area contributed by atoms with Crippen molar-refractivity contribution in [2.45, 2.75) is 58.5 Å².